The van der Waals surface area contributed by atoms with Crippen LogP contribution in [-0.4, -0.2) is 27.0 Å². The van der Waals surface area contributed by atoms with Crippen LogP contribution in [0.4, 0.5) is 0 Å². The van der Waals surface area contributed by atoms with Crippen LogP contribution in [0.1, 0.15) is 30.8 Å². The van der Waals surface area contributed by atoms with Crippen LogP contribution in [0.25, 0.3) is 0 Å². The summed E-state index contributed by atoms with van der Waals surface area (Å²) in [4.78, 5) is 0. The van der Waals surface area contributed by atoms with Crippen molar-refractivity contribution in [1.82, 2.24) is 15.1 Å². The Morgan fingerprint density at radius 1 is 1.40 bits per heavy atom. The monoisotopic (exact) mass is 211 g/mol. The lowest BCUT2D eigenvalue weighted by Gasteiger charge is -2.17. The highest BCUT2D eigenvalue weighted by Gasteiger charge is 2.13. The third kappa shape index (κ3) is 3.32. The molecule has 86 valence electrons. The lowest BCUT2D eigenvalue weighted by molar-refractivity contribution is 0.0794. The molecule has 0 bridgehead atoms. The van der Waals surface area contributed by atoms with E-state index in [-0.39, 0.29) is 0 Å². The van der Waals surface area contributed by atoms with Gasteiger partial charge in [0.1, 0.15) is 0 Å². The van der Waals surface area contributed by atoms with E-state index in [0.29, 0.717) is 6.54 Å². The van der Waals surface area contributed by atoms with E-state index in [1.165, 1.54) is 11.3 Å². The van der Waals surface area contributed by atoms with Gasteiger partial charge in [-0.05, 0) is 27.7 Å². The lowest BCUT2D eigenvalue weighted by Crippen LogP contribution is -2.34. The summed E-state index contributed by atoms with van der Waals surface area (Å²) in [5, 5.41) is 17.1. The van der Waals surface area contributed by atoms with Crippen molar-refractivity contribution in [2.24, 2.45) is 7.05 Å². The van der Waals surface area contributed by atoms with E-state index in [1.807, 2.05) is 18.7 Å². The molecule has 4 nitrogen and oxygen atoms in total. The van der Waals surface area contributed by atoms with Crippen LogP contribution in [0.2, 0.25) is 0 Å². The molecule has 1 aromatic heterocycles. The third-order valence-electron chi connectivity index (χ3n) is 2.52. The Morgan fingerprint density at radius 2 is 2.00 bits per heavy atom. The first-order valence-corrected chi connectivity index (χ1v) is 5.23. The van der Waals surface area contributed by atoms with Gasteiger partial charge in [-0.3, -0.25) is 4.68 Å². The van der Waals surface area contributed by atoms with Crippen LogP contribution < -0.4 is 5.32 Å². The maximum Gasteiger partial charge on any atom is 0.0715 e. The van der Waals surface area contributed by atoms with Gasteiger partial charge in [0.2, 0.25) is 0 Å². The number of hydrogen-bond donors (Lipinski definition) is 2. The van der Waals surface area contributed by atoms with Gasteiger partial charge >= 0.3 is 0 Å². The zero-order chi connectivity index (χ0) is 11.6. The smallest absolute Gasteiger partial charge is 0.0715 e. The van der Waals surface area contributed by atoms with E-state index < -0.39 is 5.60 Å². The topological polar surface area (TPSA) is 50.1 Å². The number of aromatic nitrogens is 2. The van der Waals surface area contributed by atoms with Crippen LogP contribution in [0, 0.1) is 13.8 Å². The van der Waals surface area contributed by atoms with Crippen molar-refractivity contribution >= 4 is 0 Å². The summed E-state index contributed by atoms with van der Waals surface area (Å²) in [6.45, 7) is 9.00. The molecule has 1 aromatic rings. The Hall–Kier alpha value is -0.870. The van der Waals surface area contributed by atoms with Gasteiger partial charge in [-0.25, -0.2) is 0 Å². The largest absolute Gasteiger partial charge is 0.389 e. The van der Waals surface area contributed by atoms with Gasteiger partial charge in [0.15, 0.2) is 0 Å². The van der Waals surface area contributed by atoms with Gasteiger partial charge in [0.25, 0.3) is 0 Å². The molecule has 0 saturated carbocycles. The fourth-order valence-corrected chi connectivity index (χ4v) is 1.57. The molecule has 1 heterocycles. The van der Waals surface area contributed by atoms with E-state index in [4.69, 9.17) is 0 Å². The average Bonchev–Trinajstić information content (AvgIpc) is 2.29. The van der Waals surface area contributed by atoms with Gasteiger partial charge in [0, 0.05) is 31.4 Å². The summed E-state index contributed by atoms with van der Waals surface area (Å²) in [5.74, 6) is 0. The fourth-order valence-electron chi connectivity index (χ4n) is 1.57. The Balaban J connectivity index is 2.58. The molecular formula is C11H21N3O. The predicted octanol–water partition coefficient (Wildman–Crippen LogP) is 0.897. The number of hydrogen-bond acceptors (Lipinski definition) is 3. The number of nitrogens with zero attached hydrogens (tertiary/aromatic N) is 2. The molecule has 0 atom stereocenters. The van der Waals surface area contributed by atoms with Crippen molar-refractivity contribution in [3.63, 3.8) is 0 Å². The minimum absolute atomic E-state index is 0.584. The SMILES string of the molecule is Cc1nn(C)c(C)c1CNCC(C)(C)O. The van der Waals surface area contributed by atoms with Crippen molar-refractivity contribution < 1.29 is 5.11 Å². The zero-order valence-electron chi connectivity index (χ0n) is 10.3. The van der Waals surface area contributed by atoms with E-state index in [2.05, 4.69) is 17.3 Å². The zero-order valence-corrected chi connectivity index (χ0v) is 10.3. The van der Waals surface area contributed by atoms with E-state index in [9.17, 15) is 5.11 Å². The second kappa shape index (κ2) is 4.33. The fraction of sp³-hybridized carbons (Fsp3) is 0.727. The van der Waals surface area contributed by atoms with Gasteiger partial charge in [-0.2, -0.15) is 5.10 Å². The minimum atomic E-state index is -0.663. The molecule has 0 aliphatic rings. The first-order chi connectivity index (χ1) is 6.81. The van der Waals surface area contributed by atoms with Gasteiger partial charge in [-0.15, -0.1) is 0 Å². The Labute approximate surface area is 91.3 Å². The molecule has 0 aliphatic heterocycles. The first kappa shape index (κ1) is 12.2. The summed E-state index contributed by atoms with van der Waals surface area (Å²) in [6.07, 6.45) is 0. The summed E-state index contributed by atoms with van der Waals surface area (Å²) in [5.41, 5.74) is 2.79. The van der Waals surface area contributed by atoms with Gasteiger partial charge in [0.05, 0.1) is 11.3 Å². The molecule has 1 rings (SSSR count). The van der Waals surface area contributed by atoms with Crippen LogP contribution in [-0.2, 0) is 13.6 Å². The van der Waals surface area contributed by atoms with Gasteiger partial charge < -0.3 is 10.4 Å². The maximum absolute atomic E-state index is 9.56. The second-order valence-electron chi connectivity index (χ2n) is 4.69. The molecule has 2 N–H and O–H groups in total. The summed E-state index contributed by atoms with van der Waals surface area (Å²) in [6, 6.07) is 0. The highest BCUT2D eigenvalue weighted by Crippen LogP contribution is 2.11. The van der Waals surface area contributed by atoms with Crippen molar-refractivity contribution in [2.75, 3.05) is 6.54 Å². The normalized spacial score (nSPS) is 12.1. The molecule has 0 spiro atoms. The standard InChI is InChI=1S/C11H21N3O/c1-8-10(9(2)14(5)13-8)6-12-7-11(3,4)15/h12,15H,6-7H2,1-5H3. The highest BCUT2D eigenvalue weighted by molar-refractivity contribution is 5.23. The number of nitrogens with one attached hydrogen (secondary N) is 1. The summed E-state index contributed by atoms with van der Waals surface area (Å²) in [7, 11) is 1.95. The summed E-state index contributed by atoms with van der Waals surface area (Å²) >= 11 is 0. The van der Waals surface area contributed by atoms with Crippen molar-refractivity contribution in [3.05, 3.63) is 17.0 Å². The van der Waals surface area contributed by atoms with Crippen LogP contribution >= 0.6 is 0 Å². The first-order valence-electron chi connectivity index (χ1n) is 5.23. The van der Waals surface area contributed by atoms with E-state index in [1.54, 1.807) is 13.8 Å². The van der Waals surface area contributed by atoms with Crippen LogP contribution in [0.3, 0.4) is 0 Å². The molecule has 4 heteroatoms. The van der Waals surface area contributed by atoms with Crippen LogP contribution in [0.15, 0.2) is 0 Å². The Morgan fingerprint density at radius 3 is 2.40 bits per heavy atom. The second-order valence-corrected chi connectivity index (χ2v) is 4.69. The summed E-state index contributed by atoms with van der Waals surface area (Å²) < 4.78 is 1.89. The van der Waals surface area contributed by atoms with Crippen molar-refractivity contribution in [3.8, 4) is 0 Å². The highest BCUT2D eigenvalue weighted by atomic mass is 16.3. The number of rotatable bonds is 4. The molecule has 0 radical (unpaired) electrons. The predicted molar refractivity (Wildman–Crippen MR) is 60.7 cm³/mol. The third-order valence-corrected chi connectivity index (χ3v) is 2.52. The van der Waals surface area contributed by atoms with Crippen molar-refractivity contribution in [1.29, 1.82) is 0 Å². The molecule has 0 aromatic carbocycles. The molecule has 0 saturated heterocycles. The Bertz CT molecular complexity index is 336. The van der Waals surface area contributed by atoms with Gasteiger partial charge in [-0.1, -0.05) is 0 Å². The lowest BCUT2D eigenvalue weighted by atomic mass is 10.1. The molecule has 15 heavy (non-hydrogen) atoms. The number of aryl methyl sites for hydroxylation is 2. The number of aliphatic hydroxyl groups is 1. The van der Waals surface area contributed by atoms with Crippen LogP contribution in [0.5, 0.6) is 0 Å². The molecule has 0 unspecified atom stereocenters. The molecular weight excluding hydrogens is 190 g/mol. The minimum Gasteiger partial charge on any atom is -0.389 e. The average molecular weight is 211 g/mol. The molecule has 0 fully saturated rings. The van der Waals surface area contributed by atoms with Crippen molar-refractivity contribution in [2.45, 2.75) is 39.8 Å². The molecule has 0 amide bonds. The molecule has 0 aliphatic carbocycles. The Kier molecular flexibility index (Phi) is 3.52. The van der Waals surface area contributed by atoms with E-state index in [0.717, 1.165) is 12.2 Å². The quantitative estimate of drug-likeness (QED) is 0.778. The maximum atomic E-state index is 9.56. The van der Waals surface area contributed by atoms with E-state index >= 15 is 0 Å².